The molecule has 0 saturated carbocycles. The second kappa shape index (κ2) is 11.9. The SMILES string of the molecule is CCOc1cc(C=NNC(=O)C(=O)Nc2ccccc2Cl)ccc1OCc1ccc(Cl)cc1. The fraction of sp³-hybridized carbons (Fsp3) is 0.125. The van der Waals surface area contributed by atoms with E-state index in [1.165, 1.54) is 6.21 Å². The third kappa shape index (κ3) is 7.24. The Labute approximate surface area is 201 Å². The van der Waals surface area contributed by atoms with E-state index in [-0.39, 0.29) is 0 Å². The number of hydrogen-bond acceptors (Lipinski definition) is 5. The number of hydrazone groups is 1. The van der Waals surface area contributed by atoms with Crippen molar-refractivity contribution in [3.8, 4) is 11.5 Å². The summed E-state index contributed by atoms with van der Waals surface area (Å²) in [6, 6.07) is 19.2. The molecule has 0 aromatic heterocycles. The summed E-state index contributed by atoms with van der Waals surface area (Å²) in [5, 5.41) is 7.24. The molecule has 0 aliphatic rings. The molecule has 170 valence electrons. The van der Waals surface area contributed by atoms with Gasteiger partial charge in [0.2, 0.25) is 0 Å². The minimum absolute atomic E-state index is 0.323. The van der Waals surface area contributed by atoms with Crippen molar-refractivity contribution in [2.45, 2.75) is 13.5 Å². The Bertz CT molecular complexity index is 1150. The molecule has 0 fully saturated rings. The first-order valence-corrected chi connectivity index (χ1v) is 10.7. The molecule has 2 N–H and O–H groups in total. The highest BCUT2D eigenvalue weighted by atomic mass is 35.5. The van der Waals surface area contributed by atoms with Crippen molar-refractivity contribution < 1.29 is 19.1 Å². The Morgan fingerprint density at radius 1 is 0.939 bits per heavy atom. The zero-order valence-electron chi connectivity index (χ0n) is 17.7. The molecule has 3 aromatic rings. The summed E-state index contributed by atoms with van der Waals surface area (Å²) in [6.45, 7) is 2.65. The second-order valence-corrected chi connectivity index (χ2v) is 7.53. The topological polar surface area (TPSA) is 89.0 Å². The first kappa shape index (κ1) is 24.1. The summed E-state index contributed by atoms with van der Waals surface area (Å²) >= 11 is 11.9. The normalized spacial score (nSPS) is 10.6. The Kier molecular flexibility index (Phi) is 8.69. The number of nitrogens with one attached hydrogen (secondary N) is 2. The molecule has 0 radical (unpaired) electrons. The van der Waals surface area contributed by atoms with Gasteiger partial charge in [0.1, 0.15) is 6.61 Å². The molecule has 2 amide bonds. The van der Waals surface area contributed by atoms with Crippen molar-refractivity contribution >= 4 is 46.9 Å². The molecule has 3 aromatic carbocycles. The molecular weight excluding hydrogens is 465 g/mol. The van der Waals surface area contributed by atoms with Crippen LogP contribution in [0.15, 0.2) is 71.8 Å². The molecule has 0 heterocycles. The quantitative estimate of drug-likeness (QED) is 0.265. The highest BCUT2D eigenvalue weighted by Gasteiger charge is 2.14. The van der Waals surface area contributed by atoms with Gasteiger partial charge >= 0.3 is 11.8 Å². The van der Waals surface area contributed by atoms with Gasteiger partial charge in [-0.2, -0.15) is 5.10 Å². The van der Waals surface area contributed by atoms with E-state index in [4.69, 9.17) is 32.7 Å². The van der Waals surface area contributed by atoms with Crippen LogP contribution in [0.1, 0.15) is 18.1 Å². The van der Waals surface area contributed by atoms with Crippen molar-refractivity contribution in [3.63, 3.8) is 0 Å². The van der Waals surface area contributed by atoms with Crippen molar-refractivity contribution in [1.29, 1.82) is 0 Å². The highest BCUT2D eigenvalue weighted by Crippen LogP contribution is 2.29. The van der Waals surface area contributed by atoms with Crippen LogP contribution in [0.3, 0.4) is 0 Å². The van der Waals surface area contributed by atoms with Gasteiger partial charge in [-0.3, -0.25) is 9.59 Å². The first-order chi connectivity index (χ1) is 16.0. The molecule has 3 rings (SSSR count). The van der Waals surface area contributed by atoms with E-state index in [1.807, 2.05) is 19.1 Å². The van der Waals surface area contributed by atoms with Gasteiger partial charge in [0, 0.05) is 5.02 Å². The lowest BCUT2D eigenvalue weighted by molar-refractivity contribution is -0.136. The van der Waals surface area contributed by atoms with Gasteiger partial charge in [0.15, 0.2) is 11.5 Å². The van der Waals surface area contributed by atoms with Crippen LogP contribution in [0.5, 0.6) is 11.5 Å². The second-order valence-electron chi connectivity index (χ2n) is 6.69. The molecular formula is C24H21Cl2N3O4. The van der Waals surface area contributed by atoms with Crippen molar-refractivity contribution in [2.24, 2.45) is 5.10 Å². The van der Waals surface area contributed by atoms with Crippen LogP contribution in [-0.4, -0.2) is 24.6 Å². The minimum atomic E-state index is -0.931. The predicted molar refractivity (Wildman–Crippen MR) is 129 cm³/mol. The van der Waals surface area contributed by atoms with Crippen molar-refractivity contribution in [2.75, 3.05) is 11.9 Å². The number of para-hydroxylation sites is 1. The molecule has 33 heavy (non-hydrogen) atoms. The van der Waals surface area contributed by atoms with Gasteiger partial charge in [0.05, 0.1) is 23.5 Å². The number of halogens is 2. The maximum atomic E-state index is 12.0. The molecule has 0 unspecified atom stereocenters. The van der Waals surface area contributed by atoms with Crippen LogP contribution in [0.2, 0.25) is 10.0 Å². The maximum Gasteiger partial charge on any atom is 0.329 e. The zero-order valence-corrected chi connectivity index (χ0v) is 19.2. The molecule has 0 spiro atoms. The molecule has 0 atom stereocenters. The average molecular weight is 486 g/mol. The van der Waals surface area contributed by atoms with E-state index in [0.29, 0.717) is 46.0 Å². The third-order valence-corrected chi connectivity index (χ3v) is 4.86. The van der Waals surface area contributed by atoms with E-state index in [9.17, 15) is 9.59 Å². The smallest absolute Gasteiger partial charge is 0.329 e. The van der Waals surface area contributed by atoms with Gasteiger partial charge in [-0.25, -0.2) is 5.43 Å². The molecule has 0 saturated heterocycles. The lowest BCUT2D eigenvalue weighted by atomic mass is 10.2. The van der Waals surface area contributed by atoms with Crippen LogP contribution < -0.4 is 20.2 Å². The Morgan fingerprint density at radius 2 is 1.70 bits per heavy atom. The predicted octanol–water partition coefficient (Wildman–Crippen LogP) is 5.06. The number of benzene rings is 3. The number of rotatable bonds is 8. The van der Waals surface area contributed by atoms with Gasteiger partial charge < -0.3 is 14.8 Å². The molecule has 0 aliphatic heterocycles. The minimum Gasteiger partial charge on any atom is -0.490 e. The number of ether oxygens (including phenoxy) is 2. The summed E-state index contributed by atoms with van der Waals surface area (Å²) in [6.07, 6.45) is 1.40. The van der Waals surface area contributed by atoms with E-state index in [0.717, 1.165) is 5.56 Å². The van der Waals surface area contributed by atoms with Crippen molar-refractivity contribution in [3.05, 3.63) is 87.9 Å². The van der Waals surface area contributed by atoms with E-state index < -0.39 is 11.8 Å². The number of nitrogens with zero attached hydrogens (tertiary/aromatic N) is 1. The largest absolute Gasteiger partial charge is 0.490 e. The van der Waals surface area contributed by atoms with Crippen LogP contribution in [0.25, 0.3) is 0 Å². The van der Waals surface area contributed by atoms with Crippen LogP contribution in [0.4, 0.5) is 5.69 Å². The number of hydrogen-bond donors (Lipinski definition) is 2. The molecule has 7 nitrogen and oxygen atoms in total. The number of carbonyl (C=O) groups excluding carboxylic acids is 2. The highest BCUT2D eigenvalue weighted by molar-refractivity contribution is 6.41. The van der Waals surface area contributed by atoms with Gasteiger partial charge in [-0.1, -0.05) is 47.5 Å². The number of amides is 2. The average Bonchev–Trinajstić information content (AvgIpc) is 2.81. The number of anilines is 1. The van der Waals surface area contributed by atoms with E-state index in [1.54, 1.807) is 54.6 Å². The molecule has 0 aliphatic carbocycles. The lowest BCUT2D eigenvalue weighted by Crippen LogP contribution is -2.32. The summed E-state index contributed by atoms with van der Waals surface area (Å²) in [5.41, 5.74) is 4.12. The maximum absolute atomic E-state index is 12.0. The van der Waals surface area contributed by atoms with Gasteiger partial charge in [-0.05, 0) is 60.5 Å². The lowest BCUT2D eigenvalue weighted by Gasteiger charge is -2.12. The fourth-order valence-electron chi connectivity index (χ4n) is 2.69. The summed E-state index contributed by atoms with van der Waals surface area (Å²) < 4.78 is 11.5. The third-order valence-electron chi connectivity index (χ3n) is 4.28. The van der Waals surface area contributed by atoms with Crippen LogP contribution >= 0.6 is 23.2 Å². The van der Waals surface area contributed by atoms with Gasteiger partial charge in [0.25, 0.3) is 0 Å². The van der Waals surface area contributed by atoms with Crippen molar-refractivity contribution in [1.82, 2.24) is 5.43 Å². The Balaban J connectivity index is 1.59. The standard InChI is InChI=1S/C24H21Cl2N3O4/c1-2-32-22-13-17(9-12-21(22)33-15-16-7-10-18(25)11-8-16)14-27-29-24(31)23(30)28-20-6-4-3-5-19(20)26/h3-14H,2,15H2,1H3,(H,28,30)(H,29,31). The fourth-order valence-corrected chi connectivity index (χ4v) is 3.00. The monoisotopic (exact) mass is 485 g/mol. The Hall–Kier alpha value is -3.55. The number of carbonyl (C=O) groups is 2. The van der Waals surface area contributed by atoms with Gasteiger partial charge in [-0.15, -0.1) is 0 Å². The summed E-state index contributed by atoms with van der Waals surface area (Å²) in [4.78, 5) is 24.0. The summed E-state index contributed by atoms with van der Waals surface area (Å²) in [5.74, 6) is -0.731. The van der Waals surface area contributed by atoms with Crippen LogP contribution in [-0.2, 0) is 16.2 Å². The molecule has 0 bridgehead atoms. The summed E-state index contributed by atoms with van der Waals surface area (Å²) in [7, 11) is 0. The van der Waals surface area contributed by atoms with E-state index in [2.05, 4.69) is 15.8 Å². The van der Waals surface area contributed by atoms with Crippen LogP contribution in [0, 0.1) is 0 Å². The first-order valence-electron chi connectivity index (χ1n) is 9.99. The van der Waals surface area contributed by atoms with E-state index >= 15 is 0 Å². The zero-order chi connectivity index (χ0) is 23.6. The molecule has 9 heteroatoms. The Morgan fingerprint density at radius 3 is 2.42 bits per heavy atom.